The lowest BCUT2D eigenvalue weighted by atomic mass is 10.1. The van der Waals surface area contributed by atoms with Gasteiger partial charge in [-0.2, -0.15) is 0 Å². The molecule has 0 fully saturated rings. The van der Waals surface area contributed by atoms with Crippen LogP contribution in [0.25, 0.3) is 0 Å². The van der Waals surface area contributed by atoms with Crippen LogP contribution in [0.2, 0.25) is 0 Å². The molecule has 0 aromatic heterocycles. The van der Waals surface area contributed by atoms with Crippen molar-refractivity contribution in [2.45, 2.75) is 32.8 Å². The monoisotopic (exact) mass is 266 g/mol. The number of hydrogen-bond donors (Lipinski definition) is 3. The average Bonchev–Trinajstić information content (AvgIpc) is 2.27. The molecule has 106 valence electrons. The summed E-state index contributed by atoms with van der Waals surface area (Å²) in [4.78, 5) is 11.6. The summed E-state index contributed by atoms with van der Waals surface area (Å²) < 4.78 is 5.14. The Bertz CT molecular complexity index is 439. The second kappa shape index (κ2) is 6.43. The average molecular weight is 266 g/mol. The third-order valence-corrected chi connectivity index (χ3v) is 2.36. The fraction of sp³-hybridized carbons (Fsp3) is 0.500. The molecule has 19 heavy (non-hydrogen) atoms. The van der Waals surface area contributed by atoms with Gasteiger partial charge in [0.25, 0.3) is 0 Å². The first kappa shape index (κ1) is 15.3. The Hall–Kier alpha value is -1.75. The maximum absolute atomic E-state index is 11.6. The van der Waals surface area contributed by atoms with Gasteiger partial charge in [0, 0.05) is 0 Å². The third-order valence-electron chi connectivity index (χ3n) is 2.36. The molecule has 0 radical (unpaired) electrons. The number of phenols is 1. The van der Waals surface area contributed by atoms with Crippen molar-refractivity contribution in [3.05, 3.63) is 23.8 Å². The van der Waals surface area contributed by atoms with Gasteiger partial charge in [-0.3, -0.25) is 5.32 Å². The molecule has 5 heteroatoms. The fourth-order valence-corrected chi connectivity index (χ4v) is 1.52. The molecule has 1 aromatic rings. The first-order valence-electron chi connectivity index (χ1n) is 6.28. The zero-order valence-electron chi connectivity index (χ0n) is 11.9. The maximum Gasteiger partial charge on any atom is 0.412 e. The van der Waals surface area contributed by atoms with E-state index in [1.807, 2.05) is 13.1 Å². The number of likely N-dealkylation sites (N-methyl/N-ethyl adjacent to an activating group) is 1. The summed E-state index contributed by atoms with van der Waals surface area (Å²) in [5, 5.41) is 15.3. The van der Waals surface area contributed by atoms with Gasteiger partial charge < -0.3 is 15.2 Å². The number of amides is 1. The fourth-order valence-electron chi connectivity index (χ4n) is 1.52. The Morgan fingerprint density at radius 2 is 2.05 bits per heavy atom. The van der Waals surface area contributed by atoms with Gasteiger partial charge in [-0.15, -0.1) is 0 Å². The van der Waals surface area contributed by atoms with Crippen molar-refractivity contribution < 1.29 is 14.6 Å². The summed E-state index contributed by atoms with van der Waals surface area (Å²) in [5.41, 5.74) is 0.824. The second-order valence-electron chi connectivity index (χ2n) is 5.33. The van der Waals surface area contributed by atoms with Crippen molar-refractivity contribution in [3.8, 4) is 5.75 Å². The number of rotatable bonds is 4. The summed E-state index contributed by atoms with van der Waals surface area (Å²) in [6.07, 6.45) is 0.244. The molecule has 3 N–H and O–H groups in total. The van der Waals surface area contributed by atoms with Crippen molar-refractivity contribution >= 4 is 11.8 Å². The molecule has 0 saturated carbocycles. The van der Waals surface area contributed by atoms with Crippen molar-refractivity contribution in [1.29, 1.82) is 0 Å². The predicted octanol–water partition coefficient (Wildman–Crippen LogP) is 2.50. The van der Waals surface area contributed by atoms with Crippen LogP contribution in [0.1, 0.15) is 26.3 Å². The molecule has 0 aliphatic carbocycles. The molecule has 0 spiro atoms. The molecule has 1 aromatic carbocycles. The van der Waals surface area contributed by atoms with Crippen LogP contribution in [0.3, 0.4) is 0 Å². The number of anilines is 1. The highest BCUT2D eigenvalue weighted by atomic mass is 16.6. The first-order valence-corrected chi connectivity index (χ1v) is 6.28. The summed E-state index contributed by atoms with van der Waals surface area (Å²) in [5.74, 6) is 0.0269. The zero-order valence-corrected chi connectivity index (χ0v) is 11.9. The Balaban J connectivity index is 2.73. The molecule has 1 amide bonds. The minimum absolute atomic E-state index is 0.0269. The molecule has 5 nitrogen and oxygen atoms in total. The summed E-state index contributed by atoms with van der Waals surface area (Å²) in [7, 11) is 1.88. The molecular weight excluding hydrogens is 244 g/mol. The van der Waals surface area contributed by atoms with Crippen LogP contribution in [-0.2, 0) is 11.2 Å². The zero-order chi connectivity index (χ0) is 14.5. The van der Waals surface area contributed by atoms with E-state index < -0.39 is 11.7 Å². The van der Waals surface area contributed by atoms with Crippen LogP contribution in [0, 0.1) is 0 Å². The van der Waals surface area contributed by atoms with Crippen LogP contribution in [0.4, 0.5) is 10.5 Å². The van der Waals surface area contributed by atoms with Gasteiger partial charge in [0.05, 0.1) is 5.69 Å². The number of ether oxygens (including phenoxy) is 1. The van der Waals surface area contributed by atoms with Gasteiger partial charge in [-0.05, 0) is 58.5 Å². The quantitative estimate of drug-likeness (QED) is 0.732. The van der Waals surface area contributed by atoms with Crippen LogP contribution in [-0.4, -0.2) is 30.4 Å². The highest BCUT2D eigenvalue weighted by Crippen LogP contribution is 2.25. The van der Waals surface area contributed by atoms with Gasteiger partial charge >= 0.3 is 6.09 Å². The molecule has 0 heterocycles. The second-order valence-corrected chi connectivity index (χ2v) is 5.33. The summed E-state index contributed by atoms with van der Waals surface area (Å²) >= 11 is 0. The van der Waals surface area contributed by atoms with E-state index in [9.17, 15) is 9.90 Å². The lowest BCUT2D eigenvalue weighted by molar-refractivity contribution is 0.0635. The van der Waals surface area contributed by atoms with Gasteiger partial charge in [0.2, 0.25) is 0 Å². The van der Waals surface area contributed by atoms with E-state index in [0.29, 0.717) is 5.69 Å². The number of nitrogens with one attached hydrogen (secondary N) is 2. The summed E-state index contributed by atoms with van der Waals surface area (Å²) in [6.45, 7) is 6.19. The largest absolute Gasteiger partial charge is 0.506 e. The minimum atomic E-state index is -0.575. The lowest BCUT2D eigenvalue weighted by Crippen LogP contribution is -2.27. The van der Waals surface area contributed by atoms with Crippen LogP contribution < -0.4 is 10.6 Å². The number of aromatic hydroxyl groups is 1. The number of hydrogen-bond acceptors (Lipinski definition) is 4. The van der Waals surface area contributed by atoms with Crippen molar-refractivity contribution in [2.24, 2.45) is 0 Å². The van der Waals surface area contributed by atoms with Gasteiger partial charge in [0.15, 0.2) is 0 Å². The van der Waals surface area contributed by atoms with Crippen molar-refractivity contribution in [1.82, 2.24) is 5.32 Å². The van der Waals surface area contributed by atoms with Gasteiger partial charge in [-0.25, -0.2) is 4.79 Å². The summed E-state index contributed by atoms with van der Waals surface area (Å²) in [6, 6.07) is 5.14. The smallest absolute Gasteiger partial charge is 0.412 e. The molecule has 0 unspecified atom stereocenters. The Morgan fingerprint density at radius 3 is 2.63 bits per heavy atom. The minimum Gasteiger partial charge on any atom is -0.506 e. The first-order chi connectivity index (χ1) is 8.81. The maximum atomic E-state index is 11.6. The molecule has 0 saturated heterocycles. The normalized spacial score (nSPS) is 11.2. The van der Waals surface area contributed by atoms with Crippen LogP contribution in [0.15, 0.2) is 18.2 Å². The van der Waals surface area contributed by atoms with E-state index in [0.717, 1.165) is 18.5 Å². The lowest BCUT2D eigenvalue weighted by Gasteiger charge is -2.20. The van der Waals surface area contributed by atoms with Gasteiger partial charge in [-0.1, -0.05) is 6.07 Å². The van der Waals surface area contributed by atoms with E-state index >= 15 is 0 Å². The Kier molecular flexibility index (Phi) is 5.18. The van der Waals surface area contributed by atoms with Crippen molar-refractivity contribution in [3.63, 3.8) is 0 Å². The SMILES string of the molecule is CNCCc1ccc(O)c(NC(=O)OC(C)(C)C)c1. The van der Waals surface area contributed by atoms with Crippen LogP contribution in [0.5, 0.6) is 5.75 Å². The molecule has 0 aliphatic heterocycles. The molecule has 1 rings (SSSR count). The Morgan fingerprint density at radius 1 is 1.37 bits per heavy atom. The van der Waals surface area contributed by atoms with E-state index in [2.05, 4.69) is 10.6 Å². The molecular formula is C14H22N2O3. The van der Waals surface area contributed by atoms with E-state index in [-0.39, 0.29) is 5.75 Å². The molecule has 0 aliphatic rings. The molecule has 0 atom stereocenters. The molecule has 0 bridgehead atoms. The van der Waals surface area contributed by atoms with E-state index in [1.54, 1.807) is 32.9 Å². The third kappa shape index (κ3) is 5.61. The van der Waals surface area contributed by atoms with Crippen molar-refractivity contribution in [2.75, 3.05) is 18.9 Å². The van der Waals surface area contributed by atoms with Gasteiger partial charge in [0.1, 0.15) is 11.4 Å². The Labute approximate surface area is 114 Å². The predicted molar refractivity (Wildman–Crippen MR) is 75.6 cm³/mol. The number of carbonyl (C=O) groups excluding carboxylic acids is 1. The highest BCUT2D eigenvalue weighted by Gasteiger charge is 2.17. The number of phenolic OH excluding ortho intramolecular Hbond substituents is 1. The topological polar surface area (TPSA) is 70.6 Å². The standard InChI is InChI=1S/C14H22N2O3/c1-14(2,3)19-13(18)16-11-9-10(7-8-15-4)5-6-12(11)17/h5-6,9,15,17H,7-8H2,1-4H3,(H,16,18). The van der Waals surface area contributed by atoms with E-state index in [4.69, 9.17) is 4.74 Å². The van der Waals surface area contributed by atoms with Crippen LogP contribution >= 0.6 is 0 Å². The number of benzene rings is 1. The number of carbonyl (C=O) groups is 1. The highest BCUT2D eigenvalue weighted by molar-refractivity contribution is 5.87. The van der Waals surface area contributed by atoms with E-state index in [1.165, 1.54) is 0 Å².